The van der Waals surface area contributed by atoms with Gasteiger partial charge in [-0.15, -0.1) is 0 Å². The van der Waals surface area contributed by atoms with Crippen molar-refractivity contribution >= 4 is 16.1 Å². The van der Waals surface area contributed by atoms with Crippen molar-refractivity contribution < 1.29 is 18.8 Å². The lowest BCUT2D eigenvalue weighted by Gasteiger charge is -2.17. The molecule has 0 spiro atoms. The van der Waals surface area contributed by atoms with E-state index in [-0.39, 0.29) is 6.10 Å². The molecule has 1 rings (SSSR count). The molecule has 1 aliphatic heterocycles. The van der Waals surface area contributed by atoms with Gasteiger partial charge >= 0.3 is 6.03 Å². The molecule has 1 unspecified atom stereocenters. The molecule has 0 saturated carbocycles. The van der Waals surface area contributed by atoms with Gasteiger partial charge in [-0.2, -0.15) is 0 Å². The Bertz CT molecular complexity index is 241. The molecule has 1 fully saturated rings. The number of amides is 2. The quantitative estimate of drug-likeness (QED) is 0.325. The Hall–Kier alpha value is -0.660. The summed E-state index contributed by atoms with van der Waals surface area (Å²) in [5.74, 6) is -0.527. The van der Waals surface area contributed by atoms with Gasteiger partial charge in [0, 0.05) is 12.8 Å². The number of carbonyl (C=O) groups is 1. The van der Waals surface area contributed by atoms with Crippen molar-refractivity contribution in [1.29, 1.82) is 0 Å². The van der Waals surface area contributed by atoms with Crippen LogP contribution in [0.15, 0.2) is 0 Å². The fraction of sp³-hybridized carbons (Fsp3) is 0.833. The maximum Gasteiger partial charge on any atom is 0.325 e. The second-order valence-corrected chi connectivity index (χ2v) is 5.73. The third-order valence-corrected chi connectivity index (χ3v) is 2.72. The number of rotatable bonds is 4. The van der Waals surface area contributed by atoms with E-state index in [1.807, 2.05) is 0 Å². The highest BCUT2D eigenvalue weighted by molar-refractivity contribution is 8.00. The monoisotopic (exact) mass is 210 g/mol. The van der Waals surface area contributed by atoms with Gasteiger partial charge in [-0.3, -0.25) is 8.93 Å². The summed E-state index contributed by atoms with van der Waals surface area (Å²) in [4.78, 5) is 11.0. The molecule has 0 radical (unpaired) electrons. The minimum Gasteiger partial charge on any atom is -0.383 e. The fourth-order valence-corrected chi connectivity index (χ4v) is 1.26. The standard InChI is InChI=1S/C6H14N2O4S/c1-13(11,4-9)8-6(10)7-2-5-3-12-5/h5,9,13H,2-4H2,1H3,(H2,7,8,10,11). The Morgan fingerprint density at radius 1 is 1.77 bits per heavy atom. The van der Waals surface area contributed by atoms with E-state index in [0.717, 1.165) is 0 Å². The summed E-state index contributed by atoms with van der Waals surface area (Å²) in [7, 11) is -2.92. The molecule has 1 atom stereocenters. The Kier molecular flexibility index (Phi) is 3.23. The summed E-state index contributed by atoms with van der Waals surface area (Å²) < 4.78 is 18.2. The van der Waals surface area contributed by atoms with Crippen LogP contribution in [-0.2, 0) is 14.9 Å². The summed E-state index contributed by atoms with van der Waals surface area (Å²) in [6, 6.07) is -0.532. The molecule has 13 heavy (non-hydrogen) atoms. The van der Waals surface area contributed by atoms with E-state index >= 15 is 0 Å². The molecule has 0 aliphatic carbocycles. The number of hydrogen-bond acceptors (Lipinski definition) is 4. The van der Waals surface area contributed by atoms with Crippen LogP contribution in [-0.4, -0.2) is 46.8 Å². The van der Waals surface area contributed by atoms with Crippen molar-refractivity contribution in [3.63, 3.8) is 0 Å². The maximum atomic E-state index is 11.2. The molecule has 1 aliphatic rings. The first-order valence-electron chi connectivity index (χ1n) is 3.88. The zero-order valence-electron chi connectivity index (χ0n) is 7.32. The molecule has 0 aromatic carbocycles. The van der Waals surface area contributed by atoms with Crippen molar-refractivity contribution in [2.75, 3.05) is 25.3 Å². The fourth-order valence-electron chi connectivity index (χ4n) is 0.682. The first kappa shape index (κ1) is 10.4. The van der Waals surface area contributed by atoms with Gasteiger partial charge in [0.05, 0.1) is 12.7 Å². The Morgan fingerprint density at radius 3 is 2.85 bits per heavy atom. The average Bonchev–Trinajstić information content (AvgIpc) is 2.83. The topological polar surface area (TPSA) is 91.0 Å². The zero-order valence-corrected chi connectivity index (χ0v) is 8.21. The van der Waals surface area contributed by atoms with Gasteiger partial charge in [-0.05, 0) is 10.1 Å². The molecular formula is C6H14N2O4S. The van der Waals surface area contributed by atoms with E-state index in [1.54, 1.807) is 0 Å². The molecule has 1 heterocycles. The molecule has 7 heteroatoms. The van der Waals surface area contributed by atoms with Crippen molar-refractivity contribution in [3.05, 3.63) is 0 Å². The molecule has 2 amide bonds. The molecule has 1 saturated heterocycles. The second-order valence-electron chi connectivity index (χ2n) is 3.02. The van der Waals surface area contributed by atoms with E-state index < -0.39 is 22.1 Å². The normalized spacial score (nSPS) is 22.2. The lowest BCUT2D eigenvalue weighted by molar-refractivity contribution is 0.244. The highest BCUT2D eigenvalue weighted by atomic mass is 32.3. The van der Waals surface area contributed by atoms with Crippen LogP contribution in [0.2, 0.25) is 0 Å². The van der Waals surface area contributed by atoms with E-state index in [1.165, 1.54) is 6.26 Å². The summed E-state index contributed by atoms with van der Waals surface area (Å²) >= 11 is 0. The minimum absolute atomic E-state index is 0.0936. The molecule has 78 valence electrons. The van der Waals surface area contributed by atoms with Gasteiger partial charge in [-0.1, -0.05) is 0 Å². The molecule has 0 aromatic rings. The average molecular weight is 210 g/mol. The van der Waals surface area contributed by atoms with E-state index in [0.29, 0.717) is 13.2 Å². The van der Waals surface area contributed by atoms with Crippen molar-refractivity contribution in [2.24, 2.45) is 0 Å². The van der Waals surface area contributed by atoms with E-state index in [2.05, 4.69) is 10.0 Å². The van der Waals surface area contributed by atoms with Gasteiger partial charge in [0.2, 0.25) is 0 Å². The van der Waals surface area contributed by atoms with E-state index in [4.69, 9.17) is 9.84 Å². The minimum atomic E-state index is -2.92. The Labute approximate surface area is 77.2 Å². The Morgan fingerprint density at radius 2 is 2.38 bits per heavy atom. The highest BCUT2D eigenvalue weighted by Crippen LogP contribution is 2.05. The Balaban J connectivity index is 2.19. The number of urea groups is 1. The molecule has 6 nitrogen and oxygen atoms in total. The number of epoxide rings is 1. The molecular weight excluding hydrogens is 196 g/mol. The number of ether oxygens (including phenoxy) is 1. The van der Waals surface area contributed by atoms with E-state index in [9.17, 15) is 9.00 Å². The lowest BCUT2D eigenvalue weighted by atomic mass is 10.5. The third-order valence-electron chi connectivity index (χ3n) is 1.50. The number of carbonyl (C=O) groups excluding carboxylic acids is 1. The van der Waals surface area contributed by atoms with Crippen LogP contribution in [0.25, 0.3) is 0 Å². The molecule has 0 aromatic heterocycles. The van der Waals surface area contributed by atoms with Crippen LogP contribution in [0.1, 0.15) is 0 Å². The lowest BCUT2D eigenvalue weighted by Crippen LogP contribution is -2.45. The van der Waals surface area contributed by atoms with Crippen LogP contribution in [0.4, 0.5) is 4.79 Å². The van der Waals surface area contributed by atoms with Crippen LogP contribution in [0.3, 0.4) is 0 Å². The number of thiol groups is 1. The van der Waals surface area contributed by atoms with Crippen molar-refractivity contribution in [2.45, 2.75) is 6.10 Å². The van der Waals surface area contributed by atoms with Gasteiger partial charge < -0.3 is 15.2 Å². The van der Waals surface area contributed by atoms with Gasteiger partial charge in [0.15, 0.2) is 0 Å². The third kappa shape index (κ3) is 4.20. The largest absolute Gasteiger partial charge is 0.383 e. The SMILES string of the molecule is C[SH](=O)(CO)NC(=O)NCC1CO1. The van der Waals surface area contributed by atoms with Gasteiger partial charge in [0.1, 0.15) is 5.94 Å². The zero-order chi connectivity index (χ0) is 9.90. The van der Waals surface area contributed by atoms with Gasteiger partial charge in [0.25, 0.3) is 0 Å². The van der Waals surface area contributed by atoms with Crippen molar-refractivity contribution in [3.8, 4) is 0 Å². The molecule has 3 N–H and O–H groups in total. The summed E-state index contributed by atoms with van der Waals surface area (Å²) in [6.07, 6.45) is 1.40. The van der Waals surface area contributed by atoms with Crippen LogP contribution >= 0.6 is 0 Å². The summed E-state index contributed by atoms with van der Waals surface area (Å²) in [5, 5.41) is 11.1. The highest BCUT2D eigenvalue weighted by Gasteiger charge is 2.23. The second kappa shape index (κ2) is 4.03. The predicted octanol–water partition coefficient (Wildman–Crippen LogP) is -1.80. The number of aliphatic hydroxyl groups is 1. The maximum absolute atomic E-state index is 11.2. The number of hydrogen-bond donors (Lipinski definition) is 4. The van der Waals surface area contributed by atoms with Gasteiger partial charge in [-0.25, -0.2) is 4.79 Å². The molecule has 0 bridgehead atoms. The summed E-state index contributed by atoms with van der Waals surface area (Å²) in [5.41, 5.74) is 0. The number of aliphatic hydroxyl groups excluding tert-OH is 1. The predicted molar refractivity (Wildman–Crippen MR) is 48.8 cm³/mol. The van der Waals surface area contributed by atoms with Crippen LogP contribution in [0.5, 0.6) is 0 Å². The van der Waals surface area contributed by atoms with Crippen LogP contribution < -0.4 is 10.0 Å². The first-order valence-corrected chi connectivity index (χ1v) is 6.22. The smallest absolute Gasteiger partial charge is 0.325 e. The van der Waals surface area contributed by atoms with Crippen molar-refractivity contribution in [1.82, 2.24) is 10.0 Å². The number of nitrogens with one attached hydrogen (secondary N) is 2. The summed E-state index contributed by atoms with van der Waals surface area (Å²) in [6.45, 7) is 1.07. The first-order chi connectivity index (χ1) is 6.03. The van der Waals surface area contributed by atoms with Crippen LogP contribution in [0, 0.1) is 0 Å².